The third-order valence-corrected chi connectivity index (χ3v) is 10.2. The highest BCUT2D eigenvalue weighted by molar-refractivity contribution is 6.74. The molecule has 2 fully saturated rings. The van der Waals surface area contributed by atoms with Crippen LogP contribution in [0, 0.1) is 0 Å². The number of hydrogen-bond acceptors (Lipinski definition) is 7. The Balaban J connectivity index is 2.35. The highest BCUT2D eigenvalue weighted by Crippen LogP contribution is 2.43. The van der Waals surface area contributed by atoms with E-state index in [1.807, 2.05) is 0 Å². The molecule has 0 saturated carbocycles. The lowest BCUT2D eigenvalue weighted by Crippen LogP contribution is -2.52. The lowest BCUT2D eigenvalue weighted by molar-refractivity contribution is -0.188. The van der Waals surface area contributed by atoms with Crippen LogP contribution in [0.3, 0.4) is 0 Å². The number of carbonyl (C=O) groups is 2. The number of carbonyl (C=O) groups excluding carboxylic acids is 2. The molecule has 0 bridgehead atoms. The van der Waals surface area contributed by atoms with Gasteiger partial charge in [0, 0.05) is 0 Å². The largest absolute Gasteiger partial charge is 0.459 e. The van der Waals surface area contributed by atoms with Gasteiger partial charge in [-0.1, -0.05) is 20.8 Å². The second-order valence-electron chi connectivity index (χ2n) is 10.7. The Hall–Kier alpha value is -1.16. The van der Waals surface area contributed by atoms with Gasteiger partial charge in [0.1, 0.15) is 11.7 Å². The zero-order valence-corrected chi connectivity index (χ0v) is 20.4. The van der Waals surface area contributed by atoms with Crippen molar-refractivity contribution in [2.45, 2.75) is 109 Å². The van der Waals surface area contributed by atoms with Crippen LogP contribution in [-0.4, -0.2) is 68.3 Å². The predicted molar refractivity (Wildman–Crippen MR) is 110 cm³/mol. The van der Waals surface area contributed by atoms with E-state index >= 15 is 0 Å². The summed E-state index contributed by atoms with van der Waals surface area (Å²) >= 11 is 0. The van der Waals surface area contributed by atoms with Crippen LogP contribution in [0.15, 0.2) is 0 Å². The van der Waals surface area contributed by atoms with Gasteiger partial charge < -0.3 is 23.4 Å². The summed E-state index contributed by atoms with van der Waals surface area (Å²) in [6.45, 7) is 20.2. The SMILES string of the molecule is CC(C)(C)OC(=O)N1[C@H](CO[Si](C)(C)C(C)(C)C)[C@@H](OC=O)[C@@H]2OC(C)(C)O[C@@H]21. The highest BCUT2D eigenvalue weighted by atomic mass is 28.4. The van der Waals surface area contributed by atoms with Crippen molar-refractivity contribution in [3.8, 4) is 0 Å². The van der Waals surface area contributed by atoms with Gasteiger partial charge in [-0.2, -0.15) is 0 Å². The Morgan fingerprint density at radius 3 is 2.21 bits per heavy atom. The molecule has 9 heteroatoms. The van der Waals surface area contributed by atoms with Gasteiger partial charge in [0.15, 0.2) is 26.4 Å². The summed E-state index contributed by atoms with van der Waals surface area (Å²) in [5.41, 5.74) is -0.685. The number of rotatable bonds is 5. The van der Waals surface area contributed by atoms with Crippen LogP contribution in [0.1, 0.15) is 55.4 Å². The Morgan fingerprint density at radius 1 is 1.14 bits per heavy atom. The normalized spacial score (nSPS) is 29.5. The minimum Gasteiger partial charge on any atom is -0.459 e. The van der Waals surface area contributed by atoms with Crippen LogP contribution in [0.5, 0.6) is 0 Å². The third kappa shape index (κ3) is 5.31. The molecule has 0 radical (unpaired) electrons. The molecule has 2 aliphatic rings. The first-order valence-electron chi connectivity index (χ1n) is 10.1. The molecule has 1 amide bonds. The quantitative estimate of drug-likeness (QED) is 0.485. The second-order valence-corrected chi connectivity index (χ2v) is 15.5. The Morgan fingerprint density at radius 2 is 1.72 bits per heavy atom. The van der Waals surface area contributed by atoms with Gasteiger partial charge in [-0.3, -0.25) is 9.69 Å². The highest BCUT2D eigenvalue weighted by Gasteiger charge is 2.61. The van der Waals surface area contributed by atoms with Gasteiger partial charge in [0.2, 0.25) is 0 Å². The van der Waals surface area contributed by atoms with Gasteiger partial charge >= 0.3 is 6.09 Å². The summed E-state index contributed by atoms with van der Waals surface area (Å²) < 4.78 is 29.3. The van der Waals surface area contributed by atoms with E-state index in [0.29, 0.717) is 6.47 Å². The lowest BCUT2D eigenvalue weighted by atomic mass is 10.1. The number of nitrogens with zero attached hydrogens (tertiary/aromatic N) is 1. The molecule has 168 valence electrons. The standard InChI is InChI=1S/C20H37NO7Si/c1-18(2,3)28-17(23)21-13(11-25-29(9,10)19(4,5)6)14(24-12-22)15-16(21)27-20(7,8)26-15/h12-16H,11H2,1-10H3/t13-,14-,15+,16+/m1/s1. The Labute approximate surface area is 175 Å². The van der Waals surface area contributed by atoms with E-state index in [1.165, 1.54) is 4.90 Å². The van der Waals surface area contributed by atoms with Crippen molar-refractivity contribution in [1.82, 2.24) is 4.90 Å². The molecule has 2 saturated heterocycles. The van der Waals surface area contributed by atoms with Gasteiger partial charge in [0.05, 0.1) is 12.6 Å². The van der Waals surface area contributed by atoms with Crippen LogP contribution >= 0.6 is 0 Å². The van der Waals surface area contributed by atoms with Gasteiger partial charge in [-0.15, -0.1) is 0 Å². The Bertz CT molecular complexity index is 623. The van der Waals surface area contributed by atoms with E-state index in [0.717, 1.165) is 0 Å². The molecule has 8 nitrogen and oxygen atoms in total. The molecule has 0 aromatic carbocycles. The second kappa shape index (κ2) is 7.83. The molecule has 2 aliphatic heterocycles. The van der Waals surface area contributed by atoms with Crippen LogP contribution < -0.4 is 0 Å². The van der Waals surface area contributed by atoms with Crippen molar-refractivity contribution in [3.63, 3.8) is 0 Å². The van der Waals surface area contributed by atoms with Crippen molar-refractivity contribution >= 4 is 20.9 Å². The number of ether oxygens (including phenoxy) is 4. The summed E-state index contributed by atoms with van der Waals surface area (Å²) in [6.07, 6.45) is -2.60. The van der Waals surface area contributed by atoms with Crippen LogP contribution in [0.25, 0.3) is 0 Å². The molecule has 0 spiro atoms. The van der Waals surface area contributed by atoms with Gasteiger partial charge in [-0.05, 0) is 52.8 Å². The maximum atomic E-state index is 13.1. The molecule has 0 aromatic heterocycles. The van der Waals surface area contributed by atoms with Crippen molar-refractivity contribution < 1.29 is 33.0 Å². The van der Waals surface area contributed by atoms with Crippen LogP contribution in [0.2, 0.25) is 18.1 Å². The lowest BCUT2D eigenvalue weighted by Gasteiger charge is -2.39. The topological polar surface area (TPSA) is 83.5 Å². The summed E-state index contributed by atoms with van der Waals surface area (Å²) in [5, 5.41) is -0.00573. The molecule has 0 aliphatic carbocycles. The third-order valence-electron chi connectivity index (χ3n) is 5.68. The fourth-order valence-corrected chi connectivity index (χ4v) is 4.27. The zero-order chi connectivity index (χ0) is 22.4. The van der Waals surface area contributed by atoms with Crippen molar-refractivity contribution in [2.75, 3.05) is 6.61 Å². The molecule has 0 aromatic rings. The van der Waals surface area contributed by atoms with E-state index in [4.69, 9.17) is 23.4 Å². The van der Waals surface area contributed by atoms with Crippen LogP contribution in [0.4, 0.5) is 4.79 Å². The van der Waals surface area contributed by atoms with E-state index in [9.17, 15) is 9.59 Å². The van der Waals surface area contributed by atoms with Crippen molar-refractivity contribution in [2.24, 2.45) is 0 Å². The van der Waals surface area contributed by atoms with E-state index in [2.05, 4.69) is 33.9 Å². The average Bonchev–Trinajstić information content (AvgIpc) is 2.94. The average molecular weight is 432 g/mol. The molecule has 29 heavy (non-hydrogen) atoms. The number of hydrogen-bond donors (Lipinski definition) is 0. The minimum atomic E-state index is -2.11. The number of fused-ring (bicyclic) bond motifs is 1. The fourth-order valence-electron chi connectivity index (χ4n) is 3.25. The Kier molecular flexibility index (Phi) is 6.51. The molecule has 2 rings (SSSR count). The first-order chi connectivity index (χ1) is 13.0. The summed E-state index contributed by atoms with van der Waals surface area (Å²) in [6, 6.07) is -0.574. The minimum absolute atomic E-state index is 0.00573. The maximum absolute atomic E-state index is 13.1. The molecule has 0 N–H and O–H groups in total. The van der Waals surface area contributed by atoms with Crippen molar-refractivity contribution in [1.29, 1.82) is 0 Å². The van der Waals surface area contributed by atoms with Crippen LogP contribution in [-0.2, 0) is 28.2 Å². The molecule has 4 atom stereocenters. The molecule has 0 unspecified atom stereocenters. The fraction of sp³-hybridized carbons (Fsp3) is 0.900. The molecular formula is C20H37NO7Si. The predicted octanol–water partition coefficient (Wildman–Crippen LogP) is 3.65. The van der Waals surface area contributed by atoms with E-state index in [-0.39, 0.29) is 11.6 Å². The monoisotopic (exact) mass is 431 g/mol. The first kappa shape index (κ1) is 24.1. The molecule has 2 heterocycles. The van der Waals surface area contributed by atoms with Crippen molar-refractivity contribution in [3.05, 3.63) is 0 Å². The number of amides is 1. The maximum Gasteiger partial charge on any atom is 0.412 e. The van der Waals surface area contributed by atoms with Gasteiger partial charge in [0.25, 0.3) is 6.47 Å². The van der Waals surface area contributed by atoms with E-state index < -0.39 is 50.3 Å². The van der Waals surface area contributed by atoms with Gasteiger partial charge in [-0.25, -0.2) is 4.79 Å². The zero-order valence-electron chi connectivity index (χ0n) is 19.4. The molecular weight excluding hydrogens is 394 g/mol. The smallest absolute Gasteiger partial charge is 0.412 e. The number of likely N-dealkylation sites (tertiary alicyclic amines) is 1. The summed E-state index contributed by atoms with van der Waals surface area (Å²) in [5.74, 6) is -0.911. The summed E-state index contributed by atoms with van der Waals surface area (Å²) in [7, 11) is -2.11. The van der Waals surface area contributed by atoms with E-state index in [1.54, 1.807) is 34.6 Å². The first-order valence-corrected chi connectivity index (χ1v) is 13.0. The summed E-state index contributed by atoms with van der Waals surface area (Å²) in [4.78, 5) is 25.8.